The van der Waals surface area contributed by atoms with Crippen LogP contribution in [0.4, 0.5) is 0 Å². The van der Waals surface area contributed by atoms with Gasteiger partial charge in [0.05, 0.1) is 6.07 Å². The van der Waals surface area contributed by atoms with Gasteiger partial charge in [-0.3, -0.25) is 0 Å². The zero-order chi connectivity index (χ0) is 11.4. The summed E-state index contributed by atoms with van der Waals surface area (Å²) in [5, 5.41) is 12.3. The van der Waals surface area contributed by atoms with Crippen molar-refractivity contribution in [3.63, 3.8) is 0 Å². The van der Waals surface area contributed by atoms with E-state index in [0.717, 1.165) is 24.8 Å². The Morgan fingerprint density at radius 2 is 1.94 bits per heavy atom. The van der Waals surface area contributed by atoms with E-state index in [9.17, 15) is 0 Å². The Morgan fingerprint density at radius 3 is 2.50 bits per heavy atom. The molecule has 0 unspecified atom stereocenters. The molecular weight excluding hydrogens is 196 g/mol. The van der Waals surface area contributed by atoms with E-state index in [-0.39, 0.29) is 0 Å². The lowest BCUT2D eigenvalue weighted by molar-refractivity contribution is 0.276. The van der Waals surface area contributed by atoms with Crippen LogP contribution < -0.4 is 5.32 Å². The molecule has 16 heavy (non-hydrogen) atoms. The molecule has 0 saturated heterocycles. The molecule has 0 radical (unpaired) electrons. The van der Waals surface area contributed by atoms with E-state index in [1.54, 1.807) is 0 Å². The summed E-state index contributed by atoms with van der Waals surface area (Å²) in [5.74, 6) is 1.85. The molecule has 0 amide bonds. The lowest BCUT2D eigenvalue weighted by Crippen LogP contribution is -2.30. The molecule has 1 N–H and O–H groups in total. The van der Waals surface area contributed by atoms with Crippen LogP contribution in [0.15, 0.2) is 0 Å². The summed E-state index contributed by atoms with van der Waals surface area (Å²) >= 11 is 0. The average Bonchev–Trinajstić information content (AvgIpc) is 3.02. The molecule has 0 aromatic heterocycles. The van der Waals surface area contributed by atoms with Gasteiger partial charge in [0.2, 0.25) is 0 Å². The number of nitriles is 1. The first-order valence-electron chi connectivity index (χ1n) is 6.82. The molecule has 0 aromatic rings. The van der Waals surface area contributed by atoms with Crippen molar-refractivity contribution in [1.82, 2.24) is 5.32 Å². The van der Waals surface area contributed by atoms with E-state index in [0.29, 0.717) is 5.41 Å². The summed E-state index contributed by atoms with van der Waals surface area (Å²) < 4.78 is 0. The van der Waals surface area contributed by atoms with Gasteiger partial charge in [-0.25, -0.2) is 0 Å². The number of hydrogen-bond acceptors (Lipinski definition) is 2. The van der Waals surface area contributed by atoms with E-state index in [1.165, 1.54) is 45.1 Å². The molecule has 0 spiro atoms. The Hall–Kier alpha value is -0.550. The highest BCUT2D eigenvalue weighted by atomic mass is 14.9. The monoisotopic (exact) mass is 220 g/mol. The third-order valence-corrected chi connectivity index (χ3v) is 4.48. The molecule has 2 aliphatic carbocycles. The van der Waals surface area contributed by atoms with Crippen LogP contribution in [0.2, 0.25) is 0 Å². The van der Waals surface area contributed by atoms with Crippen molar-refractivity contribution in [3.8, 4) is 6.07 Å². The average molecular weight is 220 g/mol. The fourth-order valence-corrected chi connectivity index (χ4v) is 2.84. The van der Waals surface area contributed by atoms with Crippen molar-refractivity contribution in [3.05, 3.63) is 0 Å². The predicted octanol–water partition coefficient (Wildman–Crippen LogP) is 3.10. The molecule has 0 bridgehead atoms. The van der Waals surface area contributed by atoms with Gasteiger partial charge in [0.1, 0.15) is 0 Å². The first-order chi connectivity index (χ1) is 7.74. The molecule has 2 heteroatoms. The molecule has 2 fully saturated rings. The quantitative estimate of drug-likeness (QED) is 0.773. The normalized spacial score (nSPS) is 32.0. The lowest BCUT2D eigenvalue weighted by atomic mass is 9.83. The minimum atomic E-state index is 0.372. The smallest absolute Gasteiger partial charge is 0.0628 e. The van der Waals surface area contributed by atoms with Gasteiger partial charge in [0.25, 0.3) is 0 Å². The van der Waals surface area contributed by atoms with Gasteiger partial charge in [-0.15, -0.1) is 0 Å². The Labute approximate surface area is 99.4 Å². The van der Waals surface area contributed by atoms with E-state index >= 15 is 0 Å². The van der Waals surface area contributed by atoms with Gasteiger partial charge in [0.15, 0.2) is 0 Å². The fraction of sp³-hybridized carbons (Fsp3) is 0.929. The molecule has 0 aliphatic heterocycles. The third-order valence-electron chi connectivity index (χ3n) is 4.48. The largest absolute Gasteiger partial charge is 0.316 e. The topological polar surface area (TPSA) is 35.8 Å². The van der Waals surface area contributed by atoms with Crippen LogP contribution in [0, 0.1) is 28.6 Å². The van der Waals surface area contributed by atoms with Crippen molar-refractivity contribution in [2.45, 2.75) is 51.9 Å². The van der Waals surface area contributed by atoms with Crippen LogP contribution in [-0.2, 0) is 0 Å². The van der Waals surface area contributed by atoms with Crippen LogP contribution in [0.25, 0.3) is 0 Å². The van der Waals surface area contributed by atoms with Gasteiger partial charge in [0, 0.05) is 13.0 Å². The van der Waals surface area contributed by atoms with Gasteiger partial charge >= 0.3 is 0 Å². The van der Waals surface area contributed by atoms with Gasteiger partial charge in [-0.2, -0.15) is 5.26 Å². The number of nitrogens with one attached hydrogen (secondary N) is 1. The maximum Gasteiger partial charge on any atom is 0.0628 e. The van der Waals surface area contributed by atoms with Crippen molar-refractivity contribution in [1.29, 1.82) is 5.26 Å². The highest BCUT2D eigenvalue weighted by Gasteiger charge is 2.41. The molecule has 2 nitrogen and oxygen atoms in total. The predicted molar refractivity (Wildman–Crippen MR) is 65.9 cm³/mol. The van der Waals surface area contributed by atoms with Gasteiger partial charge in [-0.1, -0.05) is 19.8 Å². The molecule has 0 aromatic carbocycles. The molecule has 90 valence electrons. The van der Waals surface area contributed by atoms with Gasteiger partial charge < -0.3 is 5.32 Å². The zero-order valence-electron chi connectivity index (χ0n) is 10.5. The lowest BCUT2D eigenvalue weighted by Gasteiger charge is -2.27. The fourth-order valence-electron chi connectivity index (χ4n) is 2.84. The summed E-state index contributed by atoms with van der Waals surface area (Å²) in [6, 6.07) is 2.32. The summed E-state index contributed by atoms with van der Waals surface area (Å²) in [6.45, 7) is 4.63. The molecule has 2 aliphatic rings. The second kappa shape index (κ2) is 5.19. The van der Waals surface area contributed by atoms with Crippen LogP contribution >= 0.6 is 0 Å². The summed E-state index contributed by atoms with van der Waals surface area (Å²) in [7, 11) is 0. The Balaban J connectivity index is 1.60. The van der Waals surface area contributed by atoms with Crippen LogP contribution in [0.1, 0.15) is 51.9 Å². The highest BCUT2D eigenvalue weighted by molar-refractivity contribution is 5.00. The van der Waals surface area contributed by atoms with E-state index < -0.39 is 0 Å². The summed E-state index contributed by atoms with van der Waals surface area (Å²) in [6.07, 6.45) is 8.90. The maximum atomic E-state index is 8.74. The zero-order valence-corrected chi connectivity index (χ0v) is 10.5. The second-order valence-electron chi connectivity index (χ2n) is 6.09. The first-order valence-corrected chi connectivity index (χ1v) is 6.82. The van der Waals surface area contributed by atoms with Crippen molar-refractivity contribution < 1.29 is 0 Å². The maximum absolute atomic E-state index is 8.74. The molecule has 0 heterocycles. The van der Waals surface area contributed by atoms with E-state index in [4.69, 9.17) is 5.26 Å². The van der Waals surface area contributed by atoms with Gasteiger partial charge in [-0.05, 0) is 49.5 Å². The highest BCUT2D eigenvalue weighted by Crippen LogP contribution is 2.47. The molecular formula is C14H24N2. The van der Waals surface area contributed by atoms with Crippen molar-refractivity contribution in [2.75, 3.05) is 13.1 Å². The second-order valence-corrected chi connectivity index (χ2v) is 6.09. The third kappa shape index (κ3) is 3.22. The number of hydrogen-bond donors (Lipinski definition) is 1. The van der Waals surface area contributed by atoms with Crippen LogP contribution in [-0.4, -0.2) is 13.1 Å². The van der Waals surface area contributed by atoms with Crippen LogP contribution in [0.5, 0.6) is 0 Å². The standard InChI is InChI=1S/C14H24N2/c1-12-2-4-13(5-3-12)10-16-11-14(6-7-14)8-9-15/h12-13,16H,2-8,10-11H2,1H3. The van der Waals surface area contributed by atoms with Crippen molar-refractivity contribution >= 4 is 0 Å². The molecule has 2 rings (SSSR count). The SMILES string of the molecule is CC1CCC(CNCC2(CC#N)CC2)CC1. The summed E-state index contributed by atoms with van der Waals surface area (Å²) in [4.78, 5) is 0. The Bertz CT molecular complexity index is 254. The van der Waals surface area contributed by atoms with E-state index in [1.807, 2.05) is 0 Å². The number of nitrogens with zero attached hydrogens (tertiary/aromatic N) is 1. The Kier molecular flexibility index (Phi) is 3.86. The minimum absolute atomic E-state index is 0.372. The Morgan fingerprint density at radius 1 is 1.25 bits per heavy atom. The van der Waals surface area contributed by atoms with Crippen molar-refractivity contribution in [2.24, 2.45) is 17.3 Å². The molecule has 0 atom stereocenters. The van der Waals surface area contributed by atoms with E-state index in [2.05, 4.69) is 18.3 Å². The van der Waals surface area contributed by atoms with Crippen LogP contribution in [0.3, 0.4) is 0 Å². The number of rotatable bonds is 5. The first kappa shape index (κ1) is 11.9. The molecule has 2 saturated carbocycles. The minimum Gasteiger partial charge on any atom is -0.316 e. The summed E-state index contributed by atoms with van der Waals surface area (Å²) in [5.41, 5.74) is 0.372.